The molecule has 70 valence electrons. The fourth-order valence-corrected chi connectivity index (χ4v) is 1.55. The highest BCUT2D eigenvalue weighted by Crippen LogP contribution is 2.21. The first kappa shape index (κ1) is 11.8. The van der Waals surface area contributed by atoms with Crippen LogP contribution < -0.4 is 5.73 Å². The predicted octanol–water partition coefficient (Wildman–Crippen LogP) is 2.82. The van der Waals surface area contributed by atoms with Crippen molar-refractivity contribution in [2.24, 2.45) is 5.73 Å². The maximum Gasteiger partial charge on any atom is 0.240 e. The molecule has 0 fully saturated rings. The first-order valence-electron chi connectivity index (χ1n) is 3.27. The third-order valence-electron chi connectivity index (χ3n) is 1.34. The van der Waals surface area contributed by atoms with E-state index >= 15 is 0 Å². The summed E-state index contributed by atoms with van der Waals surface area (Å²) in [7, 11) is 0. The van der Waals surface area contributed by atoms with Gasteiger partial charge in [0, 0.05) is 17.3 Å². The maximum absolute atomic E-state index is 11.8. The molecular weight excluding hydrogens is 204 g/mol. The van der Waals surface area contributed by atoms with E-state index in [1.165, 1.54) is 11.3 Å². The minimum Gasteiger partial charge on any atom is -0.323 e. The molecule has 1 aromatic rings. The number of hydrogen-bond donors (Lipinski definition) is 1. The van der Waals surface area contributed by atoms with Crippen LogP contribution in [0.1, 0.15) is 17.3 Å². The van der Waals surface area contributed by atoms with Crippen LogP contribution in [-0.4, -0.2) is 6.43 Å². The zero-order chi connectivity index (χ0) is 8.27. The number of halogens is 3. The molecule has 0 aliphatic heterocycles. The summed E-state index contributed by atoms with van der Waals surface area (Å²) in [5.41, 5.74) is 5.47. The van der Waals surface area contributed by atoms with Crippen LogP contribution in [0.5, 0.6) is 0 Å². The molecule has 1 heterocycles. The van der Waals surface area contributed by atoms with Gasteiger partial charge in [-0.1, -0.05) is 6.07 Å². The monoisotopic (exact) mass is 213 g/mol. The van der Waals surface area contributed by atoms with Gasteiger partial charge >= 0.3 is 0 Å². The average molecular weight is 214 g/mol. The lowest BCUT2D eigenvalue weighted by Gasteiger charge is -2.07. The third-order valence-corrected chi connectivity index (χ3v) is 2.34. The largest absolute Gasteiger partial charge is 0.323 e. The highest BCUT2D eigenvalue weighted by Gasteiger charge is 2.12. The maximum atomic E-state index is 11.8. The van der Waals surface area contributed by atoms with Gasteiger partial charge in [-0.05, 0) is 11.4 Å². The van der Waals surface area contributed by atoms with Crippen LogP contribution in [0.4, 0.5) is 8.78 Å². The molecule has 1 nitrogen and oxygen atoms in total. The van der Waals surface area contributed by atoms with E-state index in [1.54, 1.807) is 6.07 Å². The summed E-state index contributed by atoms with van der Waals surface area (Å²) in [6.07, 6.45) is -2.56. The van der Waals surface area contributed by atoms with Crippen molar-refractivity contribution >= 4 is 23.7 Å². The number of alkyl halides is 2. The number of thiophene rings is 1. The topological polar surface area (TPSA) is 26.0 Å². The Morgan fingerprint density at radius 1 is 1.50 bits per heavy atom. The lowest BCUT2D eigenvalue weighted by Crippen LogP contribution is -2.12. The summed E-state index contributed by atoms with van der Waals surface area (Å²) in [5.74, 6) is 0. The van der Waals surface area contributed by atoms with Gasteiger partial charge in [0.25, 0.3) is 0 Å². The van der Waals surface area contributed by atoms with Gasteiger partial charge in [0.1, 0.15) is 0 Å². The fourth-order valence-electron chi connectivity index (χ4n) is 0.810. The molecule has 0 radical (unpaired) electrons. The Morgan fingerprint density at radius 2 is 2.17 bits per heavy atom. The molecule has 0 saturated carbocycles. The minimum absolute atomic E-state index is 0. The standard InChI is InChI=1S/C7H9F2NS.ClH/c8-7(9)4-5(10)6-2-1-3-11-6;/h1-3,5,7H,4,10H2;1H/t5-;/m1./s1. The van der Waals surface area contributed by atoms with Crippen LogP contribution in [0.2, 0.25) is 0 Å². The van der Waals surface area contributed by atoms with Gasteiger partial charge in [-0.2, -0.15) is 0 Å². The van der Waals surface area contributed by atoms with Crippen LogP contribution in [0.15, 0.2) is 17.5 Å². The highest BCUT2D eigenvalue weighted by atomic mass is 35.5. The van der Waals surface area contributed by atoms with Gasteiger partial charge in [-0.3, -0.25) is 0 Å². The van der Waals surface area contributed by atoms with Crippen LogP contribution in [0.25, 0.3) is 0 Å². The predicted molar refractivity (Wildman–Crippen MR) is 49.1 cm³/mol. The van der Waals surface area contributed by atoms with Gasteiger partial charge in [0.2, 0.25) is 6.43 Å². The van der Waals surface area contributed by atoms with E-state index in [2.05, 4.69) is 0 Å². The van der Waals surface area contributed by atoms with E-state index in [9.17, 15) is 8.78 Å². The van der Waals surface area contributed by atoms with Gasteiger partial charge in [-0.15, -0.1) is 23.7 Å². The molecular formula is C7H10ClF2NS. The fraction of sp³-hybridized carbons (Fsp3) is 0.429. The van der Waals surface area contributed by atoms with E-state index in [0.717, 1.165) is 4.88 Å². The van der Waals surface area contributed by atoms with Crippen molar-refractivity contribution < 1.29 is 8.78 Å². The number of nitrogens with two attached hydrogens (primary N) is 1. The van der Waals surface area contributed by atoms with Crippen LogP contribution in [0.3, 0.4) is 0 Å². The van der Waals surface area contributed by atoms with Gasteiger partial charge in [-0.25, -0.2) is 8.78 Å². The first-order chi connectivity index (χ1) is 5.20. The van der Waals surface area contributed by atoms with Crippen molar-refractivity contribution in [3.05, 3.63) is 22.4 Å². The van der Waals surface area contributed by atoms with E-state index in [0.29, 0.717) is 0 Å². The van der Waals surface area contributed by atoms with Crippen molar-refractivity contribution in [1.29, 1.82) is 0 Å². The Balaban J connectivity index is 0.00000121. The Labute approximate surface area is 80.0 Å². The van der Waals surface area contributed by atoms with Gasteiger partial charge in [0.15, 0.2) is 0 Å². The lowest BCUT2D eigenvalue weighted by molar-refractivity contribution is 0.129. The minimum atomic E-state index is -2.31. The highest BCUT2D eigenvalue weighted by molar-refractivity contribution is 7.10. The summed E-state index contributed by atoms with van der Waals surface area (Å²) in [6.45, 7) is 0. The molecule has 2 N–H and O–H groups in total. The molecule has 0 spiro atoms. The van der Waals surface area contributed by atoms with Gasteiger partial charge < -0.3 is 5.73 Å². The molecule has 0 unspecified atom stereocenters. The van der Waals surface area contributed by atoms with E-state index in [1.807, 2.05) is 11.4 Å². The van der Waals surface area contributed by atoms with Crippen LogP contribution >= 0.6 is 23.7 Å². The van der Waals surface area contributed by atoms with Crippen molar-refractivity contribution in [1.82, 2.24) is 0 Å². The molecule has 0 amide bonds. The molecule has 1 rings (SSSR count). The molecule has 1 aromatic heterocycles. The Morgan fingerprint density at radius 3 is 2.58 bits per heavy atom. The Bertz CT molecular complexity index is 203. The van der Waals surface area contributed by atoms with Crippen molar-refractivity contribution in [2.45, 2.75) is 18.9 Å². The summed E-state index contributed by atoms with van der Waals surface area (Å²) in [5, 5.41) is 1.83. The molecule has 0 saturated heterocycles. The molecule has 12 heavy (non-hydrogen) atoms. The second-order valence-electron chi connectivity index (χ2n) is 2.25. The second-order valence-corrected chi connectivity index (χ2v) is 3.23. The van der Waals surface area contributed by atoms with Crippen molar-refractivity contribution in [3.8, 4) is 0 Å². The summed E-state index contributed by atoms with van der Waals surface area (Å²) in [4.78, 5) is 0.824. The molecule has 0 bridgehead atoms. The number of rotatable bonds is 3. The molecule has 1 atom stereocenters. The molecule has 0 aliphatic rings. The summed E-state index contributed by atoms with van der Waals surface area (Å²) < 4.78 is 23.6. The van der Waals surface area contributed by atoms with Crippen LogP contribution in [0, 0.1) is 0 Å². The zero-order valence-electron chi connectivity index (χ0n) is 6.24. The quantitative estimate of drug-likeness (QED) is 0.821. The molecule has 0 aliphatic carbocycles. The van der Waals surface area contributed by atoms with Crippen molar-refractivity contribution in [2.75, 3.05) is 0 Å². The summed E-state index contributed by atoms with van der Waals surface area (Å²) >= 11 is 1.41. The number of hydrogen-bond acceptors (Lipinski definition) is 2. The summed E-state index contributed by atoms with van der Waals surface area (Å²) in [6, 6.07) is 3.08. The zero-order valence-corrected chi connectivity index (χ0v) is 7.88. The van der Waals surface area contributed by atoms with Gasteiger partial charge in [0.05, 0.1) is 0 Å². The SMILES string of the molecule is Cl.N[C@H](CC(F)F)c1cccs1. The van der Waals surface area contributed by atoms with E-state index in [-0.39, 0.29) is 18.8 Å². The Hall–Kier alpha value is -0.190. The first-order valence-corrected chi connectivity index (χ1v) is 4.15. The van der Waals surface area contributed by atoms with E-state index in [4.69, 9.17) is 5.73 Å². The van der Waals surface area contributed by atoms with Crippen LogP contribution in [-0.2, 0) is 0 Å². The normalized spacial score (nSPS) is 12.7. The third kappa shape index (κ3) is 3.47. The smallest absolute Gasteiger partial charge is 0.240 e. The molecule has 0 aromatic carbocycles. The lowest BCUT2D eigenvalue weighted by atomic mass is 10.2. The van der Waals surface area contributed by atoms with Crippen molar-refractivity contribution in [3.63, 3.8) is 0 Å². The van der Waals surface area contributed by atoms with E-state index < -0.39 is 12.5 Å². The average Bonchev–Trinajstić information content (AvgIpc) is 2.35. The second kappa shape index (κ2) is 5.45. The molecule has 5 heteroatoms. The Kier molecular flexibility index (Phi) is 5.37.